The van der Waals surface area contributed by atoms with E-state index in [4.69, 9.17) is 9.47 Å². The zero-order chi connectivity index (χ0) is 26.8. The standard InChI is InChI=1S/C33H52NO3/c1-5-6-7-8-9-10-11-12-14-20-30-23-19-24-32(27-30)36-25-17-18-26-37-33(35)29(2)34(3,4)28-31-21-15-13-16-22-31/h13,15-16,19,21-24,27,29H,5-12,14,17-18,20,25-26,28H2,1-4H3/q+1. The van der Waals surface area contributed by atoms with E-state index in [9.17, 15) is 4.79 Å². The summed E-state index contributed by atoms with van der Waals surface area (Å²) in [5.41, 5.74) is 2.58. The van der Waals surface area contributed by atoms with Crippen molar-refractivity contribution in [3.05, 3.63) is 65.7 Å². The van der Waals surface area contributed by atoms with Gasteiger partial charge in [-0.25, -0.2) is 4.79 Å². The Morgan fingerprint density at radius 1 is 0.757 bits per heavy atom. The first-order chi connectivity index (χ1) is 17.9. The van der Waals surface area contributed by atoms with E-state index in [0.29, 0.717) is 17.7 Å². The van der Waals surface area contributed by atoms with Crippen LogP contribution in [0.25, 0.3) is 0 Å². The minimum absolute atomic E-state index is 0.133. The topological polar surface area (TPSA) is 35.5 Å². The van der Waals surface area contributed by atoms with E-state index < -0.39 is 0 Å². The van der Waals surface area contributed by atoms with Gasteiger partial charge < -0.3 is 14.0 Å². The lowest BCUT2D eigenvalue weighted by atomic mass is 10.0. The second-order valence-corrected chi connectivity index (χ2v) is 11.0. The molecule has 2 aromatic rings. The zero-order valence-electron chi connectivity index (χ0n) is 24.1. The average molecular weight is 511 g/mol. The molecule has 0 N–H and O–H groups in total. The van der Waals surface area contributed by atoms with Gasteiger partial charge in [-0.15, -0.1) is 0 Å². The molecule has 2 aromatic carbocycles. The number of hydrogen-bond donors (Lipinski definition) is 0. The Labute approximate surface area is 227 Å². The molecule has 0 saturated heterocycles. The molecule has 4 heteroatoms. The number of carbonyl (C=O) groups excluding carboxylic acids is 1. The molecule has 0 saturated carbocycles. The van der Waals surface area contributed by atoms with E-state index in [1.807, 2.05) is 31.2 Å². The van der Waals surface area contributed by atoms with Crippen LogP contribution in [0.4, 0.5) is 0 Å². The fourth-order valence-electron chi connectivity index (χ4n) is 4.59. The maximum Gasteiger partial charge on any atom is 0.364 e. The molecule has 4 nitrogen and oxygen atoms in total. The van der Waals surface area contributed by atoms with Crippen LogP contribution in [-0.4, -0.2) is 43.8 Å². The third kappa shape index (κ3) is 13.2. The maximum absolute atomic E-state index is 12.6. The fraction of sp³-hybridized carbons (Fsp3) is 0.606. The monoisotopic (exact) mass is 510 g/mol. The van der Waals surface area contributed by atoms with Gasteiger partial charge in [-0.1, -0.05) is 101 Å². The number of benzene rings is 2. The summed E-state index contributed by atoms with van der Waals surface area (Å²) in [5.74, 6) is 0.810. The molecule has 0 bridgehead atoms. The van der Waals surface area contributed by atoms with E-state index in [0.717, 1.165) is 31.6 Å². The van der Waals surface area contributed by atoms with Crippen molar-refractivity contribution < 1.29 is 18.8 Å². The number of carbonyl (C=O) groups is 1. The van der Waals surface area contributed by atoms with Crippen LogP contribution >= 0.6 is 0 Å². The molecule has 1 atom stereocenters. The number of quaternary nitrogens is 1. The van der Waals surface area contributed by atoms with Crippen LogP contribution in [0.2, 0.25) is 0 Å². The van der Waals surface area contributed by atoms with Crippen molar-refractivity contribution in [1.29, 1.82) is 0 Å². The van der Waals surface area contributed by atoms with Gasteiger partial charge in [0.05, 0.1) is 27.3 Å². The molecule has 0 aliphatic rings. The SMILES string of the molecule is CCCCCCCCCCCc1cccc(OCCCCOC(=O)C(C)[N+](C)(C)Cc2ccccc2)c1. The first kappa shape index (κ1) is 30.9. The molecule has 0 aliphatic heterocycles. The molecule has 37 heavy (non-hydrogen) atoms. The van der Waals surface area contributed by atoms with E-state index >= 15 is 0 Å². The van der Waals surface area contributed by atoms with Gasteiger partial charge in [-0.2, -0.15) is 0 Å². The highest BCUT2D eigenvalue weighted by Crippen LogP contribution is 2.18. The molecule has 206 valence electrons. The Kier molecular flexibility index (Phi) is 15.0. The lowest BCUT2D eigenvalue weighted by Crippen LogP contribution is -2.51. The first-order valence-corrected chi connectivity index (χ1v) is 14.7. The van der Waals surface area contributed by atoms with Crippen LogP contribution in [0.3, 0.4) is 0 Å². The van der Waals surface area contributed by atoms with E-state index in [1.165, 1.54) is 68.9 Å². The van der Waals surface area contributed by atoms with Gasteiger partial charge in [0.1, 0.15) is 12.3 Å². The summed E-state index contributed by atoms with van der Waals surface area (Å²) in [5, 5.41) is 0. The third-order valence-corrected chi connectivity index (χ3v) is 7.34. The lowest BCUT2D eigenvalue weighted by Gasteiger charge is -2.34. The van der Waals surface area contributed by atoms with Crippen LogP contribution in [0.1, 0.15) is 95.6 Å². The molecule has 0 amide bonds. The fourth-order valence-corrected chi connectivity index (χ4v) is 4.59. The summed E-state index contributed by atoms with van der Waals surface area (Å²) in [6.07, 6.45) is 15.0. The van der Waals surface area contributed by atoms with Gasteiger partial charge in [-0.3, -0.25) is 0 Å². The van der Waals surface area contributed by atoms with Crippen molar-refractivity contribution in [2.24, 2.45) is 0 Å². The normalized spacial score (nSPS) is 12.3. The van der Waals surface area contributed by atoms with Crippen LogP contribution in [0, 0.1) is 0 Å². The number of unbranched alkanes of at least 4 members (excludes halogenated alkanes) is 9. The quantitative estimate of drug-likeness (QED) is 0.102. The molecule has 0 aromatic heterocycles. The summed E-state index contributed by atoms with van der Waals surface area (Å²) in [6, 6.07) is 18.6. The Morgan fingerprint density at radius 2 is 1.38 bits per heavy atom. The van der Waals surface area contributed by atoms with Crippen LogP contribution in [0.15, 0.2) is 54.6 Å². The maximum atomic E-state index is 12.6. The smallest absolute Gasteiger partial charge is 0.364 e. The number of hydrogen-bond acceptors (Lipinski definition) is 3. The number of ether oxygens (including phenoxy) is 2. The highest BCUT2D eigenvalue weighted by atomic mass is 16.5. The van der Waals surface area contributed by atoms with Crippen molar-refractivity contribution in [3.63, 3.8) is 0 Å². The minimum atomic E-state index is -0.218. The summed E-state index contributed by atoms with van der Waals surface area (Å²) in [7, 11) is 4.16. The van der Waals surface area contributed by atoms with E-state index in [2.05, 4.69) is 51.4 Å². The van der Waals surface area contributed by atoms with Crippen LogP contribution in [-0.2, 0) is 22.5 Å². The lowest BCUT2D eigenvalue weighted by molar-refractivity contribution is -0.917. The third-order valence-electron chi connectivity index (χ3n) is 7.34. The van der Waals surface area contributed by atoms with Gasteiger partial charge in [0, 0.05) is 5.56 Å². The molecular weight excluding hydrogens is 458 g/mol. The van der Waals surface area contributed by atoms with Crippen molar-refractivity contribution in [3.8, 4) is 5.75 Å². The second-order valence-electron chi connectivity index (χ2n) is 11.0. The summed E-state index contributed by atoms with van der Waals surface area (Å²) in [4.78, 5) is 12.6. The van der Waals surface area contributed by atoms with Gasteiger partial charge in [0.2, 0.25) is 0 Å². The second kappa shape index (κ2) is 18.0. The molecule has 0 spiro atoms. The van der Waals surface area contributed by atoms with Crippen molar-refractivity contribution in [2.75, 3.05) is 27.3 Å². The summed E-state index contributed by atoms with van der Waals surface area (Å²) in [6.45, 7) is 6.11. The highest BCUT2D eigenvalue weighted by molar-refractivity contribution is 5.74. The van der Waals surface area contributed by atoms with E-state index in [-0.39, 0.29) is 12.0 Å². The van der Waals surface area contributed by atoms with Gasteiger partial charge in [0.25, 0.3) is 0 Å². The van der Waals surface area contributed by atoms with Crippen LogP contribution < -0.4 is 4.74 Å². The van der Waals surface area contributed by atoms with Gasteiger partial charge in [0.15, 0.2) is 6.04 Å². The van der Waals surface area contributed by atoms with Crippen molar-refractivity contribution in [2.45, 2.75) is 103 Å². The van der Waals surface area contributed by atoms with Gasteiger partial charge >= 0.3 is 5.97 Å². The van der Waals surface area contributed by atoms with E-state index in [1.54, 1.807) is 0 Å². The number of nitrogens with zero attached hydrogens (tertiary/aromatic N) is 1. The number of aryl methyl sites for hydroxylation is 1. The first-order valence-electron chi connectivity index (χ1n) is 14.7. The Morgan fingerprint density at radius 3 is 2.08 bits per heavy atom. The number of esters is 1. The van der Waals surface area contributed by atoms with Crippen molar-refractivity contribution in [1.82, 2.24) is 0 Å². The van der Waals surface area contributed by atoms with Crippen molar-refractivity contribution >= 4 is 5.97 Å². The molecule has 0 aliphatic carbocycles. The summed E-state index contributed by atoms with van der Waals surface area (Å²) < 4.78 is 12.1. The zero-order valence-corrected chi connectivity index (χ0v) is 24.1. The minimum Gasteiger partial charge on any atom is -0.494 e. The highest BCUT2D eigenvalue weighted by Gasteiger charge is 2.32. The molecule has 0 radical (unpaired) electrons. The number of likely N-dealkylation sites (N-methyl/N-ethyl adjacent to an activating group) is 1. The number of rotatable bonds is 20. The predicted molar refractivity (Wildman–Crippen MR) is 155 cm³/mol. The Hall–Kier alpha value is -2.33. The molecule has 2 rings (SSSR count). The average Bonchev–Trinajstić information content (AvgIpc) is 2.89. The molecule has 0 fully saturated rings. The largest absolute Gasteiger partial charge is 0.494 e. The van der Waals surface area contributed by atoms with Gasteiger partial charge in [-0.05, 0) is 50.3 Å². The van der Waals surface area contributed by atoms with Crippen LogP contribution in [0.5, 0.6) is 5.75 Å². The predicted octanol–water partition coefficient (Wildman–Crippen LogP) is 8.13. The Bertz CT molecular complexity index is 865. The Balaban J connectivity index is 1.55. The molecular formula is C33H52NO3+. The molecule has 1 unspecified atom stereocenters. The molecule has 0 heterocycles. The summed E-state index contributed by atoms with van der Waals surface area (Å²) >= 11 is 0.